The van der Waals surface area contributed by atoms with Gasteiger partial charge in [0.05, 0.1) is 0 Å². The van der Waals surface area contributed by atoms with Crippen molar-refractivity contribution >= 4 is 20.1 Å². The largest absolute Gasteiger partial charge is 0.208 e. The molecule has 0 aliphatic rings. The highest BCUT2D eigenvalue weighted by Gasteiger charge is 2.18. The van der Waals surface area contributed by atoms with Crippen LogP contribution in [-0.4, -0.2) is 21.3 Å². The Hall–Kier alpha value is -7.06. The molecule has 63 heavy (non-hydrogen) atoms. The molecule has 0 bridgehead atoms. The molecular weight excluding hydrogens is 782 g/mol. The number of rotatable bonds is 11. The van der Waals surface area contributed by atoms with Crippen LogP contribution in [0.25, 0.3) is 78.4 Å². The zero-order chi connectivity index (χ0) is 43.5. The number of nitrogens with zero attached hydrogens (tertiary/aromatic N) is 3. The molecule has 0 atom stereocenters. The van der Waals surface area contributed by atoms with E-state index in [1.807, 2.05) is 18.2 Å². The van der Waals surface area contributed by atoms with Crippen LogP contribution in [-0.2, 0) is 12.8 Å². The van der Waals surface area contributed by atoms with Crippen LogP contribution in [0.5, 0.6) is 0 Å². The van der Waals surface area contributed by atoms with Gasteiger partial charge in [0.25, 0.3) is 0 Å². The Labute approximate surface area is 374 Å². The molecule has 1 aromatic heterocycles. The SMILES string of the molecule is C=Pc1nc(-c2ccccc2)nc(-c2cc(-c3ccc(-c4ccccc4C)c(C)c3)ccc2CCc2ccc(-c3cccc(C)c3)cc2-c2cc(-c3cccc(C)c3)ccc2C)n1. The fourth-order valence-corrected chi connectivity index (χ4v) is 9.04. The third-order valence-electron chi connectivity index (χ3n) is 12.1. The summed E-state index contributed by atoms with van der Waals surface area (Å²) in [6.45, 7) is 10.9. The summed E-state index contributed by atoms with van der Waals surface area (Å²) in [5.41, 5.74) is 23.5. The zero-order valence-electron chi connectivity index (χ0n) is 36.7. The first-order chi connectivity index (χ1) is 30.7. The first-order valence-electron chi connectivity index (χ1n) is 21.7. The van der Waals surface area contributed by atoms with Gasteiger partial charge in [-0.25, -0.2) is 15.0 Å². The highest BCUT2D eigenvalue weighted by molar-refractivity contribution is 7.44. The number of aromatic nitrogens is 3. The van der Waals surface area contributed by atoms with E-state index in [-0.39, 0.29) is 0 Å². The van der Waals surface area contributed by atoms with Crippen molar-refractivity contribution in [3.05, 3.63) is 215 Å². The molecule has 8 aromatic carbocycles. The van der Waals surface area contributed by atoms with Crippen LogP contribution in [0.3, 0.4) is 0 Å². The summed E-state index contributed by atoms with van der Waals surface area (Å²) in [6.07, 6.45) is 5.78. The van der Waals surface area contributed by atoms with E-state index in [9.17, 15) is 0 Å². The molecule has 306 valence electrons. The van der Waals surface area contributed by atoms with Crippen molar-refractivity contribution in [2.75, 3.05) is 0 Å². The summed E-state index contributed by atoms with van der Waals surface area (Å²) in [6, 6.07) is 63.9. The van der Waals surface area contributed by atoms with Gasteiger partial charge in [0, 0.05) is 11.1 Å². The normalized spacial score (nSPS) is 11.3. The molecule has 3 nitrogen and oxygen atoms in total. The maximum Gasteiger partial charge on any atom is 0.182 e. The quantitative estimate of drug-likeness (QED) is 0.122. The Morgan fingerprint density at radius 2 is 0.841 bits per heavy atom. The lowest BCUT2D eigenvalue weighted by molar-refractivity contribution is 0.959. The van der Waals surface area contributed by atoms with Crippen molar-refractivity contribution in [2.45, 2.75) is 47.5 Å². The molecule has 0 aliphatic carbocycles. The van der Waals surface area contributed by atoms with Gasteiger partial charge in [-0.3, -0.25) is 0 Å². The standard InChI is InChI=1S/C59H50N3P/c1-38-14-12-19-46(32-38)49-23-22-41(4)54(35-49)55-36-50(47-20-13-15-39(2)33-47)28-26-43(55)24-25-44-27-29-51(48-30-31-53(42(5)34-48)52-21-11-10-16-40(52)3)37-56(44)58-60-57(61-59(62-58)63-6)45-17-8-7-9-18-45/h7-23,26-37H,6,24-25H2,1-5H3. The molecule has 4 heteroatoms. The molecule has 0 fully saturated rings. The van der Waals surface area contributed by atoms with E-state index in [1.54, 1.807) is 0 Å². The summed E-state index contributed by atoms with van der Waals surface area (Å²) < 4.78 is 0. The summed E-state index contributed by atoms with van der Waals surface area (Å²) in [4.78, 5) is 15.1. The maximum atomic E-state index is 5.17. The molecule has 0 N–H and O–H groups in total. The Bertz CT molecular complexity index is 3150. The molecule has 0 unspecified atom stereocenters. The van der Waals surface area contributed by atoms with Gasteiger partial charge in [0.1, 0.15) is 0 Å². The van der Waals surface area contributed by atoms with Crippen LogP contribution in [0.1, 0.15) is 38.9 Å². The minimum absolute atomic E-state index is 0.645. The molecule has 0 radical (unpaired) electrons. The van der Waals surface area contributed by atoms with Crippen LogP contribution in [0.2, 0.25) is 0 Å². The second kappa shape index (κ2) is 18.1. The first kappa shape index (κ1) is 41.3. The molecular formula is C59H50N3P. The summed E-state index contributed by atoms with van der Waals surface area (Å²) in [7, 11) is 0.738. The lowest BCUT2D eigenvalue weighted by Crippen LogP contribution is -2.11. The van der Waals surface area contributed by atoms with Gasteiger partial charge in [-0.05, 0) is 157 Å². The van der Waals surface area contributed by atoms with Gasteiger partial charge < -0.3 is 0 Å². The Morgan fingerprint density at radius 3 is 1.48 bits per heavy atom. The predicted molar refractivity (Wildman–Crippen MR) is 269 cm³/mol. The molecule has 0 spiro atoms. The highest BCUT2D eigenvalue weighted by Crippen LogP contribution is 2.38. The topological polar surface area (TPSA) is 38.7 Å². The van der Waals surface area contributed by atoms with Crippen molar-refractivity contribution in [1.29, 1.82) is 0 Å². The van der Waals surface area contributed by atoms with Crippen LogP contribution < -0.4 is 5.57 Å². The van der Waals surface area contributed by atoms with Gasteiger partial charge in [-0.1, -0.05) is 175 Å². The second-order valence-corrected chi connectivity index (χ2v) is 17.4. The van der Waals surface area contributed by atoms with E-state index in [0.29, 0.717) is 17.2 Å². The van der Waals surface area contributed by atoms with Crippen LogP contribution in [0, 0.1) is 34.6 Å². The molecule has 0 amide bonds. The van der Waals surface area contributed by atoms with E-state index >= 15 is 0 Å². The molecule has 1 heterocycles. The Kier molecular flexibility index (Phi) is 11.9. The van der Waals surface area contributed by atoms with Crippen LogP contribution in [0.15, 0.2) is 176 Å². The van der Waals surface area contributed by atoms with Crippen molar-refractivity contribution in [1.82, 2.24) is 15.0 Å². The lowest BCUT2D eigenvalue weighted by Gasteiger charge is -2.18. The van der Waals surface area contributed by atoms with Crippen molar-refractivity contribution in [3.63, 3.8) is 0 Å². The minimum Gasteiger partial charge on any atom is -0.208 e. The minimum atomic E-state index is 0.645. The fourth-order valence-electron chi connectivity index (χ4n) is 8.71. The van der Waals surface area contributed by atoms with E-state index in [0.717, 1.165) is 43.3 Å². The van der Waals surface area contributed by atoms with Gasteiger partial charge in [-0.2, -0.15) is 0 Å². The van der Waals surface area contributed by atoms with Crippen molar-refractivity contribution in [3.8, 4) is 78.4 Å². The zero-order valence-corrected chi connectivity index (χ0v) is 37.5. The van der Waals surface area contributed by atoms with Gasteiger partial charge in [0.15, 0.2) is 17.2 Å². The fraction of sp³-hybridized carbons (Fsp3) is 0.119. The second-order valence-electron chi connectivity index (χ2n) is 16.7. The third-order valence-corrected chi connectivity index (χ3v) is 12.6. The van der Waals surface area contributed by atoms with Gasteiger partial charge in [-0.15, -0.1) is 0 Å². The molecule has 0 saturated heterocycles. The highest BCUT2D eigenvalue weighted by atomic mass is 31.1. The lowest BCUT2D eigenvalue weighted by atomic mass is 9.87. The monoisotopic (exact) mass is 831 g/mol. The summed E-state index contributed by atoms with van der Waals surface area (Å²) in [5.74, 6) is 1.32. The van der Waals surface area contributed by atoms with E-state index in [2.05, 4.69) is 199 Å². The molecule has 9 rings (SSSR count). The third kappa shape index (κ3) is 8.98. The Morgan fingerprint density at radius 1 is 0.349 bits per heavy atom. The van der Waals surface area contributed by atoms with Gasteiger partial charge >= 0.3 is 0 Å². The van der Waals surface area contributed by atoms with E-state index < -0.39 is 0 Å². The average Bonchev–Trinajstić information content (AvgIpc) is 3.31. The summed E-state index contributed by atoms with van der Waals surface area (Å²) >= 11 is 0. The van der Waals surface area contributed by atoms with Crippen molar-refractivity contribution in [2.24, 2.45) is 0 Å². The molecule has 9 aromatic rings. The van der Waals surface area contributed by atoms with Crippen LogP contribution >= 0.6 is 8.20 Å². The number of aryl methyl sites for hydroxylation is 7. The van der Waals surface area contributed by atoms with E-state index in [1.165, 1.54) is 83.5 Å². The number of hydrogen-bond acceptors (Lipinski definition) is 3. The van der Waals surface area contributed by atoms with Gasteiger partial charge in [0.2, 0.25) is 0 Å². The first-order valence-corrected chi connectivity index (χ1v) is 22.8. The number of benzene rings is 8. The summed E-state index contributed by atoms with van der Waals surface area (Å²) in [5, 5.41) is 0. The Balaban J connectivity index is 1.16. The molecule has 0 saturated carbocycles. The molecule has 0 aliphatic heterocycles. The number of hydrogen-bond donors (Lipinski definition) is 0. The van der Waals surface area contributed by atoms with Crippen LogP contribution in [0.4, 0.5) is 0 Å². The maximum absolute atomic E-state index is 5.17. The predicted octanol–water partition coefficient (Wildman–Crippen LogP) is 14.9. The van der Waals surface area contributed by atoms with Crippen molar-refractivity contribution < 1.29 is 0 Å². The smallest absolute Gasteiger partial charge is 0.182 e. The average molecular weight is 832 g/mol. The van der Waals surface area contributed by atoms with E-state index in [4.69, 9.17) is 15.0 Å².